The summed E-state index contributed by atoms with van der Waals surface area (Å²) in [5.41, 5.74) is 0.228. The van der Waals surface area contributed by atoms with Crippen LogP contribution in [0.4, 0.5) is 18.9 Å². The maximum Gasteiger partial charge on any atom is 0.416 e. The second-order valence-corrected chi connectivity index (χ2v) is 9.12. The van der Waals surface area contributed by atoms with Gasteiger partial charge in [-0.2, -0.15) is 13.2 Å². The number of pyridine rings is 1. The van der Waals surface area contributed by atoms with Gasteiger partial charge in [-0.05, 0) is 46.0 Å². The van der Waals surface area contributed by atoms with Crippen molar-refractivity contribution in [2.75, 3.05) is 57.8 Å². The fraction of sp³-hybridized carbons (Fsp3) is 0.625. The summed E-state index contributed by atoms with van der Waals surface area (Å²) in [4.78, 5) is 10.2. The lowest BCUT2D eigenvalue weighted by Crippen LogP contribution is -2.43. The number of hydrogen-bond acceptors (Lipinski definition) is 7. The number of benzene rings is 1. The molecular formula is C24H37F3N4O3. The third kappa shape index (κ3) is 8.99. The Hall–Kier alpha value is -1.98. The van der Waals surface area contributed by atoms with Crippen molar-refractivity contribution in [3.63, 3.8) is 0 Å². The molecular weight excluding hydrogens is 449 g/mol. The average Bonchev–Trinajstić information content (AvgIpc) is 2.72. The Bertz CT molecular complexity index is 883. The molecule has 3 N–H and O–H groups in total. The summed E-state index contributed by atoms with van der Waals surface area (Å²) in [5.74, 6) is 0. The van der Waals surface area contributed by atoms with Gasteiger partial charge in [-0.25, -0.2) is 0 Å². The lowest BCUT2D eigenvalue weighted by Gasteiger charge is -2.31. The van der Waals surface area contributed by atoms with Crippen LogP contribution in [0.3, 0.4) is 0 Å². The van der Waals surface area contributed by atoms with Crippen LogP contribution in [-0.2, 0) is 6.18 Å². The Balaban J connectivity index is 2.12. The van der Waals surface area contributed by atoms with Crippen molar-refractivity contribution in [1.82, 2.24) is 14.8 Å². The summed E-state index contributed by atoms with van der Waals surface area (Å²) in [6.07, 6.45) is -4.58. The normalized spacial score (nSPS) is 15.2. The van der Waals surface area contributed by atoms with Crippen LogP contribution in [0.25, 0.3) is 10.9 Å². The molecule has 10 heteroatoms. The Morgan fingerprint density at radius 1 is 0.853 bits per heavy atom. The molecule has 0 fully saturated rings. The second kappa shape index (κ2) is 12.6. The van der Waals surface area contributed by atoms with E-state index in [4.69, 9.17) is 0 Å². The first-order chi connectivity index (χ1) is 15.9. The number of nitrogens with zero attached hydrogens (tertiary/aromatic N) is 4. The van der Waals surface area contributed by atoms with Gasteiger partial charge in [0, 0.05) is 63.1 Å². The van der Waals surface area contributed by atoms with Gasteiger partial charge in [0.15, 0.2) is 0 Å². The molecule has 0 aliphatic carbocycles. The number of aromatic nitrogens is 1. The number of aliphatic hydroxyl groups excluding tert-OH is 3. The maximum absolute atomic E-state index is 13.1. The number of aliphatic hydroxyl groups is 3. The molecule has 0 saturated heterocycles. The third-order valence-electron chi connectivity index (χ3n) is 5.47. The second-order valence-electron chi connectivity index (χ2n) is 9.12. The summed E-state index contributed by atoms with van der Waals surface area (Å²) in [6, 6.07) is 5.29. The molecule has 0 amide bonds. The van der Waals surface area contributed by atoms with E-state index in [-0.39, 0.29) is 5.52 Å². The molecule has 2 rings (SSSR count). The number of fused-ring (bicyclic) bond motifs is 1. The number of halogens is 3. The van der Waals surface area contributed by atoms with E-state index in [9.17, 15) is 28.5 Å². The van der Waals surface area contributed by atoms with Crippen LogP contribution < -0.4 is 4.90 Å². The van der Waals surface area contributed by atoms with Crippen LogP contribution in [0.15, 0.2) is 30.5 Å². The molecule has 192 valence electrons. The number of rotatable bonds is 13. The van der Waals surface area contributed by atoms with Crippen molar-refractivity contribution in [2.24, 2.45) is 0 Å². The van der Waals surface area contributed by atoms with Gasteiger partial charge in [0.2, 0.25) is 0 Å². The van der Waals surface area contributed by atoms with Gasteiger partial charge in [-0.3, -0.25) is 9.88 Å². The molecule has 1 aromatic carbocycles. The number of alkyl halides is 3. The molecule has 0 spiro atoms. The lowest BCUT2D eigenvalue weighted by atomic mass is 10.1. The summed E-state index contributed by atoms with van der Waals surface area (Å²) < 4.78 is 39.4. The van der Waals surface area contributed by atoms with Crippen LogP contribution in [0.5, 0.6) is 0 Å². The molecule has 3 atom stereocenters. The van der Waals surface area contributed by atoms with Crippen molar-refractivity contribution in [1.29, 1.82) is 0 Å². The minimum Gasteiger partial charge on any atom is -0.392 e. The van der Waals surface area contributed by atoms with Crippen molar-refractivity contribution >= 4 is 16.6 Å². The molecule has 0 bridgehead atoms. The topological polar surface area (TPSA) is 83.3 Å². The lowest BCUT2D eigenvalue weighted by molar-refractivity contribution is -0.137. The van der Waals surface area contributed by atoms with E-state index in [2.05, 4.69) is 9.88 Å². The zero-order chi connectivity index (χ0) is 25.5. The van der Waals surface area contributed by atoms with E-state index in [1.54, 1.807) is 26.8 Å². The van der Waals surface area contributed by atoms with E-state index >= 15 is 0 Å². The standard InChI is InChI=1S/C24H37F3N4O3/c1-17(32)14-30(15-18(2)33)11-9-29(4)10-12-31(16-19(3)34)23-7-8-28-22-13-20(24(25,26)27)5-6-21(22)23/h5-8,13,17-19,32-34H,9-12,14-16H2,1-4H3. The predicted octanol–water partition coefficient (Wildman–Crippen LogP) is 2.44. The quantitative estimate of drug-likeness (QED) is 0.401. The highest BCUT2D eigenvalue weighted by Crippen LogP contribution is 2.33. The zero-order valence-corrected chi connectivity index (χ0v) is 20.3. The Morgan fingerprint density at radius 3 is 2.00 bits per heavy atom. The molecule has 2 aromatic rings. The summed E-state index contributed by atoms with van der Waals surface area (Å²) in [7, 11) is 1.96. The molecule has 34 heavy (non-hydrogen) atoms. The van der Waals surface area contributed by atoms with E-state index in [1.807, 2.05) is 16.8 Å². The van der Waals surface area contributed by atoms with Crippen LogP contribution in [0.2, 0.25) is 0 Å². The van der Waals surface area contributed by atoms with Crippen molar-refractivity contribution < 1.29 is 28.5 Å². The molecule has 1 aromatic heterocycles. The van der Waals surface area contributed by atoms with Gasteiger partial charge in [-0.1, -0.05) is 6.07 Å². The number of anilines is 1. The van der Waals surface area contributed by atoms with Crippen molar-refractivity contribution in [3.8, 4) is 0 Å². The summed E-state index contributed by atoms with van der Waals surface area (Å²) >= 11 is 0. The SMILES string of the molecule is CC(O)CN(CCN(C)CCN(CC(C)O)c1ccnc2cc(C(F)(F)F)ccc12)CC(C)O. The highest BCUT2D eigenvalue weighted by atomic mass is 19.4. The Kier molecular flexibility index (Phi) is 10.5. The van der Waals surface area contributed by atoms with Crippen LogP contribution in [-0.4, -0.2) is 101 Å². The van der Waals surface area contributed by atoms with E-state index in [1.165, 1.54) is 12.3 Å². The molecule has 7 nitrogen and oxygen atoms in total. The Morgan fingerprint density at radius 2 is 1.44 bits per heavy atom. The first-order valence-corrected chi connectivity index (χ1v) is 11.5. The van der Waals surface area contributed by atoms with Gasteiger partial charge in [0.1, 0.15) is 0 Å². The first kappa shape index (κ1) is 28.3. The smallest absolute Gasteiger partial charge is 0.392 e. The van der Waals surface area contributed by atoms with Crippen LogP contribution in [0.1, 0.15) is 26.3 Å². The largest absolute Gasteiger partial charge is 0.416 e. The fourth-order valence-corrected chi connectivity index (χ4v) is 3.93. The van der Waals surface area contributed by atoms with Gasteiger partial charge in [0.25, 0.3) is 0 Å². The first-order valence-electron chi connectivity index (χ1n) is 11.5. The van der Waals surface area contributed by atoms with Crippen molar-refractivity contribution in [3.05, 3.63) is 36.0 Å². The summed E-state index contributed by atoms with van der Waals surface area (Å²) in [6.45, 7) is 8.92. The van der Waals surface area contributed by atoms with Gasteiger partial charge < -0.3 is 25.1 Å². The molecule has 0 saturated carbocycles. The third-order valence-corrected chi connectivity index (χ3v) is 5.47. The molecule has 1 heterocycles. The van der Waals surface area contributed by atoms with Crippen molar-refractivity contribution in [2.45, 2.75) is 45.3 Å². The minimum absolute atomic E-state index is 0.253. The monoisotopic (exact) mass is 486 g/mol. The predicted molar refractivity (Wildman–Crippen MR) is 128 cm³/mol. The van der Waals surface area contributed by atoms with E-state index in [0.717, 1.165) is 17.8 Å². The van der Waals surface area contributed by atoms with Crippen LogP contribution in [0, 0.1) is 0 Å². The zero-order valence-electron chi connectivity index (χ0n) is 20.3. The van der Waals surface area contributed by atoms with Gasteiger partial charge in [0.05, 0.1) is 29.4 Å². The fourth-order valence-electron chi connectivity index (χ4n) is 3.93. The molecule has 0 aliphatic heterocycles. The Labute approximate surface area is 199 Å². The highest BCUT2D eigenvalue weighted by molar-refractivity contribution is 5.92. The van der Waals surface area contributed by atoms with Gasteiger partial charge in [-0.15, -0.1) is 0 Å². The summed E-state index contributed by atoms with van der Waals surface area (Å²) in [5, 5.41) is 30.0. The van der Waals surface area contributed by atoms with E-state index in [0.29, 0.717) is 51.2 Å². The molecule has 3 unspecified atom stereocenters. The average molecular weight is 487 g/mol. The highest BCUT2D eigenvalue weighted by Gasteiger charge is 2.31. The molecule has 0 aliphatic rings. The van der Waals surface area contributed by atoms with Gasteiger partial charge >= 0.3 is 6.18 Å². The maximum atomic E-state index is 13.1. The van der Waals surface area contributed by atoms with Crippen LogP contribution >= 0.6 is 0 Å². The molecule has 0 radical (unpaired) electrons. The minimum atomic E-state index is -4.44. The number of hydrogen-bond donors (Lipinski definition) is 3. The number of likely N-dealkylation sites (N-methyl/N-ethyl adjacent to an activating group) is 1. The van der Waals surface area contributed by atoms with E-state index < -0.39 is 30.1 Å².